The van der Waals surface area contributed by atoms with Crippen LogP contribution < -0.4 is 14.2 Å². The molecule has 2 saturated heterocycles. The van der Waals surface area contributed by atoms with E-state index in [2.05, 4.69) is 54.6 Å². The summed E-state index contributed by atoms with van der Waals surface area (Å²) in [5, 5.41) is 0. The molecule has 0 bridgehead atoms. The predicted octanol–water partition coefficient (Wildman–Crippen LogP) is 5.91. The average Bonchev–Trinajstić information content (AvgIpc) is 3.28. The first kappa shape index (κ1) is 21.9. The van der Waals surface area contributed by atoms with Crippen LogP contribution in [-0.2, 0) is 9.47 Å². The van der Waals surface area contributed by atoms with Gasteiger partial charge in [-0.15, -0.1) is 0 Å². The van der Waals surface area contributed by atoms with Gasteiger partial charge in [-0.3, -0.25) is 0 Å². The van der Waals surface area contributed by atoms with Crippen molar-refractivity contribution in [3.8, 4) is 17.2 Å². The van der Waals surface area contributed by atoms with Crippen LogP contribution in [0.2, 0.25) is 0 Å². The molecule has 4 aliphatic rings. The van der Waals surface area contributed by atoms with Crippen LogP contribution >= 0.6 is 0 Å². The standard InChI is InChI=1S/C30H30O5/c1-31-21-7-4-6-18(13-21)24-8-5-9-26-30(24)25-16-27-19(14-29(25)35-26)12-20(17-34-27)23-11-10-22(32-2)15-28(23)33-3/h4-11,13-16,20,24-25,29-30H,12,17H2,1-3H3. The third-order valence-electron chi connectivity index (χ3n) is 7.65. The quantitative estimate of drug-likeness (QED) is 0.544. The van der Waals surface area contributed by atoms with E-state index in [0.29, 0.717) is 6.61 Å². The topological polar surface area (TPSA) is 46.2 Å². The number of ether oxygens (including phenoxy) is 5. The van der Waals surface area contributed by atoms with Gasteiger partial charge < -0.3 is 23.7 Å². The lowest BCUT2D eigenvalue weighted by molar-refractivity contribution is 0.148. The summed E-state index contributed by atoms with van der Waals surface area (Å²) in [6.45, 7) is 0.622. The summed E-state index contributed by atoms with van der Waals surface area (Å²) in [4.78, 5) is 0. The Labute approximate surface area is 206 Å². The Kier molecular flexibility index (Phi) is 5.56. The van der Waals surface area contributed by atoms with E-state index in [1.807, 2.05) is 18.2 Å². The lowest BCUT2D eigenvalue weighted by atomic mass is 9.72. The fraction of sp³-hybridized carbons (Fsp3) is 0.333. The van der Waals surface area contributed by atoms with Crippen LogP contribution in [-0.4, -0.2) is 34.0 Å². The number of rotatable bonds is 5. The minimum atomic E-state index is 0.0121. The number of hydrogen-bond acceptors (Lipinski definition) is 5. The molecule has 2 aromatic carbocycles. The highest BCUT2D eigenvalue weighted by molar-refractivity contribution is 5.47. The summed E-state index contributed by atoms with van der Waals surface area (Å²) >= 11 is 0. The summed E-state index contributed by atoms with van der Waals surface area (Å²) in [7, 11) is 5.08. The van der Waals surface area contributed by atoms with Gasteiger partial charge in [0, 0.05) is 35.3 Å². The largest absolute Gasteiger partial charge is 0.497 e. The molecule has 0 radical (unpaired) electrons. The Morgan fingerprint density at radius 2 is 1.77 bits per heavy atom. The zero-order chi connectivity index (χ0) is 23.9. The predicted molar refractivity (Wildman–Crippen MR) is 134 cm³/mol. The zero-order valence-electron chi connectivity index (χ0n) is 20.3. The molecule has 2 aliphatic carbocycles. The van der Waals surface area contributed by atoms with E-state index in [0.717, 1.165) is 40.8 Å². The molecule has 35 heavy (non-hydrogen) atoms. The van der Waals surface area contributed by atoms with Crippen molar-refractivity contribution in [2.45, 2.75) is 24.4 Å². The second kappa shape index (κ2) is 8.88. The highest BCUT2D eigenvalue weighted by Crippen LogP contribution is 2.52. The lowest BCUT2D eigenvalue weighted by Crippen LogP contribution is -2.28. The Hall–Kier alpha value is -3.60. The van der Waals surface area contributed by atoms with Gasteiger partial charge in [0.15, 0.2) is 0 Å². The third kappa shape index (κ3) is 3.79. The molecule has 2 fully saturated rings. The van der Waals surface area contributed by atoms with E-state index in [-0.39, 0.29) is 29.8 Å². The molecule has 5 heteroatoms. The Bertz CT molecular complexity index is 1250. The van der Waals surface area contributed by atoms with E-state index in [4.69, 9.17) is 23.7 Å². The third-order valence-corrected chi connectivity index (χ3v) is 7.65. The van der Waals surface area contributed by atoms with Crippen molar-refractivity contribution >= 4 is 0 Å². The minimum absolute atomic E-state index is 0.0121. The van der Waals surface area contributed by atoms with Crippen molar-refractivity contribution in [3.63, 3.8) is 0 Å². The van der Waals surface area contributed by atoms with E-state index in [1.165, 1.54) is 11.1 Å². The number of fused-ring (bicyclic) bond motifs is 4. The normalized spacial score (nSPS) is 28.2. The molecule has 2 aliphatic heterocycles. The minimum Gasteiger partial charge on any atom is -0.497 e. The maximum atomic E-state index is 6.50. The average molecular weight is 471 g/mol. The first-order chi connectivity index (χ1) is 17.2. The molecule has 0 aromatic heterocycles. The second-order valence-corrected chi connectivity index (χ2v) is 9.48. The second-order valence-electron chi connectivity index (χ2n) is 9.48. The zero-order valence-corrected chi connectivity index (χ0v) is 20.3. The number of allylic oxidation sites excluding steroid dienone is 5. The summed E-state index contributed by atoms with van der Waals surface area (Å²) < 4.78 is 29.4. The molecule has 180 valence electrons. The molecular formula is C30H30O5. The molecule has 5 unspecified atom stereocenters. The van der Waals surface area contributed by atoms with E-state index in [1.54, 1.807) is 21.3 Å². The molecule has 5 atom stereocenters. The van der Waals surface area contributed by atoms with Crippen molar-refractivity contribution in [2.24, 2.45) is 11.8 Å². The number of methoxy groups -OCH3 is 3. The fourth-order valence-corrected chi connectivity index (χ4v) is 5.92. The van der Waals surface area contributed by atoms with Gasteiger partial charge in [-0.05, 0) is 54.0 Å². The maximum Gasteiger partial charge on any atom is 0.126 e. The number of benzene rings is 2. The molecule has 6 rings (SSSR count). The van der Waals surface area contributed by atoms with Gasteiger partial charge in [-0.1, -0.05) is 30.4 Å². The van der Waals surface area contributed by atoms with E-state index < -0.39 is 0 Å². The van der Waals surface area contributed by atoms with Crippen molar-refractivity contribution in [3.05, 3.63) is 101 Å². The molecule has 5 nitrogen and oxygen atoms in total. The summed E-state index contributed by atoms with van der Waals surface area (Å²) in [5.74, 6) is 5.46. The van der Waals surface area contributed by atoms with E-state index >= 15 is 0 Å². The molecule has 0 N–H and O–H groups in total. The van der Waals surface area contributed by atoms with Gasteiger partial charge >= 0.3 is 0 Å². The molecule has 0 spiro atoms. The van der Waals surface area contributed by atoms with Crippen LogP contribution in [0.3, 0.4) is 0 Å². The van der Waals surface area contributed by atoms with Crippen molar-refractivity contribution < 1.29 is 23.7 Å². The summed E-state index contributed by atoms with van der Waals surface area (Å²) in [6.07, 6.45) is 12.0. The highest BCUT2D eigenvalue weighted by atomic mass is 16.5. The summed E-state index contributed by atoms with van der Waals surface area (Å²) in [6, 6.07) is 14.4. The van der Waals surface area contributed by atoms with E-state index in [9.17, 15) is 0 Å². The Morgan fingerprint density at radius 3 is 2.60 bits per heavy atom. The highest BCUT2D eigenvalue weighted by Gasteiger charge is 2.47. The molecule has 2 heterocycles. The summed E-state index contributed by atoms with van der Waals surface area (Å²) in [5.41, 5.74) is 3.59. The van der Waals surface area contributed by atoms with Crippen molar-refractivity contribution in [2.75, 3.05) is 27.9 Å². The monoisotopic (exact) mass is 470 g/mol. The van der Waals surface area contributed by atoms with Gasteiger partial charge in [0.1, 0.15) is 34.9 Å². The molecule has 0 saturated carbocycles. The van der Waals surface area contributed by atoms with Crippen LogP contribution in [0.15, 0.2) is 89.9 Å². The van der Waals surface area contributed by atoms with Crippen LogP contribution in [0.25, 0.3) is 0 Å². The van der Waals surface area contributed by atoms with Gasteiger partial charge in [0.2, 0.25) is 0 Å². The van der Waals surface area contributed by atoms with Crippen molar-refractivity contribution in [1.29, 1.82) is 0 Å². The van der Waals surface area contributed by atoms with Crippen LogP contribution in [0, 0.1) is 11.8 Å². The van der Waals surface area contributed by atoms with Gasteiger partial charge in [-0.25, -0.2) is 0 Å². The Morgan fingerprint density at radius 1 is 0.914 bits per heavy atom. The molecule has 2 aromatic rings. The van der Waals surface area contributed by atoms with Crippen molar-refractivity contribution in [1.82, 2.24) is 0 Å². The van der Waals surface area contributed by atoms with Gasteiger partial charge in [0.25, 0.3) is 0 Å². The SMILES string of the molecule is COc1cccc(C2C=CC=C3OC4C=C5CC(c6ccc(OC)cc6OC)COC5=CC4C32)c1. The Balaban J connectivity index is 1.27. The maximum absolute atomic E-state index is 6.50. The smallest absolute Gasteiger partial charge is 0.126 e. The first-order valence-corrected chi connectivity index (χ1v) is 12.1. The van der Waals surface area contributed by atoms with Crippen LogP contribution in [0.5, 0.6) is 17.2 Å². The van der Waals surface area contributed by atoms with Gasteiger partial charge in [-0.2, -0.15) is 0 Å². The lowest BCUT2D eigenvalue weighted by Gasteiger charge is -2.34. The van der Waals surface area contributed by atoms with Crippen LogP contribution in [0.4, 0.5) is 0 Å². The fourth-order valence-electron chi connectivity index (χ4n) is 5.92. The van der Waals surface area contributed by atoms with Gasteiger partial charge in [0.05, 0.1) is 27.9 Å². The first-order valence-electron chi connectivity index (χ1n) is 12.1. The van der Waals surface area contributed by atoms with Crippen LogP contribution in [0.1, 0.15) is 29.4 Å². The molecular weight excluding hydrogens is 440 g/mol. The number of hydrogen-bond donors (Lipinski definition) is 0. The molecule has 0 amide bonds.